The van der Waals surface area contributed by atoms with Crippen LogP contribution in [0, 0.1) is 0 Å². The van der Waals surface area contributed by atoms with Gasteiger partial charge in [-0.2, -0.15) is 0 Å². The molecule has 0 spiro atoms. The average Bonchev–Trinajstić information content (AvgIpc) is 2.87. The molecule has 1 N–H and O–H groups in total. The first-order chi connectivity index (χ1) is 9.87. The van der Waals surface area contributed by atoms with Crippen LogP contribution in [0.5, 0.6) is 0 Å². The fourth-order valence-corrected chi connectivity index (χ4v) is 3.87. The summed E-state index contributed by atoms with van der Waals surface area (Å²) in [4.78, 5) is 24.5. The molecule has 21 heavy (non-hydrogen) atoms. The molecule has 110 valence electrons. The quantitative estimate of drug-likeness (QED) is 0.862. The number of esters is 1. The highest BCUT2D eigenvalue weighted by atomic mass is 35.5. The molecule has 1 aliphatic rings. The maximum Gasteiger partial charge on any atom is 0.329 e. The summed E-state index contributed by atoms with van der Waals surface area (Å²) < 4.78 is 6.15. The fourth-order valence-electron chi connectivity index (χ4n) is 2.45. The van der Waals surface area contributed by atoms with Gasteiger partial charge in [-0.15, -0.1) is 11.3 Å². The van der Waals surface area contributed by atoms with E-state index >= 15 is 0 Å². The molecule has 1 aliphatic heterocycles. The number of hydrogen-bond donors (Lipinski definition) is 1. The Labute approximate surface area is 131 Å². The van der Waals surface area contributed by atoms with Crippen LogP contribution >= 0.6 is 22.9 Å². The van der Waals surface area contributed by atoms with Gasteiger partial charge in [0.15, 0.2) is 0 Å². The van der Waals surface area contributed by atoms with Crippen LogP contribution in [0.4, 0.5) is 0 Å². The summed E-state index contributed by atoms with van der Waals surface area (Å²) in [6.07, 6.45) is 0.458. The van der Waals surface area contributed by atoms with Crippen molar-refractivity contribution in [3.63, 3.8) is 0 Å². The number of cyclic esters (lactones) is 1. The molecule has 1 fully saturated rings. The summed E-state index contributed by atoms with van der Waals surface area (Å²) in [5, 5.41) is 3.99. The van der Waals surface area contributed by atoms with Gasteiger partial charge in [-0.3, -0.25) is 4.79 Å². The van der Waals surface area contributed by atoms with Crippen molar-refractivity contribution in [2.24, 2.45) is 0 Å². The first-order valence-corrected chi connectivity index (χ1v) is 7.77. The van der Waals surface area contributed by atoms with E-state index in [-0.39, 0.29) is 5.91 Å². The molecule has 1 saturated heterocycles. The van der Waals surface area contributed by atoms with Crippen molar-refractivity contribution in [3.05, 3.63) is 34.2 Å². The number of halogens is 1. The molecule has 1 atom stereocenters. The average molecular weight is 324 g/mol. The lowest BCUT2D eigenvalue weighted by molar-refractivity contribution is -0.147. The molecule has 6 heteroatoms. The lowest BCUT2D eigenvalue weighted by Gasteiger charge is -2.14. The highest BCUT2D eigenvalue weighted by Gasteiger charge is 2.41. The summed E-state index contributed by atoms with van der Waals surface area (Å²) in [6, 6.07) is 6.94. The summed E-state index contributed by atoms with van der Waals surface area (Å²) in [6.45, 7) is 3.65. The Bertz CT molecular complexity index is 738. The van der Waals surface area contributed by atoms with Crippen molar-refractivity contribution in [2.45, 2.75) is 31.9 Å². The van der Waals surface area contributed by atoms with Crippen LogP contribution in [-0.4, -0.2) is 23.5 Å². The van der Waals surface area contributed by atoms with Gasteiger partial charge >= 0.3 is 5.97 Å². The summed E-state index contributed by atoms with van der Waals surface area (Å²) >= 11 is 7.58. The monoisotopic (exact) mass is 323 g/mol. The van der Waals surface area contributed by atoms with Crippen LogP contribution in [0.1, 0.15) is 29.9 Å². The van der Waals surface area contributed by atoms with E-state index in [0.717, 1.165) is 10.1 Å². The molecular weight excluding hydrogens is 310 g/mol. The van der Waals surface area contributed by atoms with Crippen LogP contribution in [0.2, 0.25) is 5.02 Å². The minimum Gasteiger partial charge on any atom is -0.458 e. The molecule has 1 aromatic heterocycles. The van der Waals surface area contributed by atoms with Gasteiger partial charge in [0.1, 0.15) is 16.5 Å². The van der Waals surface area contributed by atoms with E-state index < -0.39 is 17.6 Å². The molecule has 0 aliphatic carbocycles. The van der Waals surface area contributed by atoms with Crippen LogP contribution in [0.25, 0.3) is 10.1 Å². The van der Waals surface area contributed by atoms with Crippen molar-refractivity contribution in [3.8, 4) is 0 Å². The van der Waals surface area contributed by atoms with Crippen LogP contribution in [-0.2, 0) is 9.53 Å². The second kappa shape index (κ2) is 5.00. The predicted octanol–water partition coefficient (Wildman–Crippen LogP) is 3.38. The van der Waals surface area contributed by atoms with Gasteiger partial charge in [-0.1, -0.05) is 29.8 Å². The van der Waals surface area contributed by atoms with E-state index in [4.69, 9.17) is 16.3 Å². The van der Waals surface area contributed by atoms with E-state index in [1.165, 1.54) is 11.3 Å². The summed E-state index contributed by atoms with van der Waals surface area (Å²) in [5.41, 5.74) is -0.543. The number of hydrogen-bond acceptors (Lipinski definition) is 4. The largest absolute Gasteiger partial charge is 0.458 e. The topological polar surface area (TPSA) is 55.4 Å². The summed E-state index contributed by atoms with van der Waals surface area (Å²) in [5.74, 6) is -0.730. The lowest BCUT2D eigenvalue weighted by Crippen LogP contribution is -2.38. The van der Waals surface area contributed by atoms with E-state index in [0.29, 0.717) is 16.3 Å². The molecule has 1 amide bonds. The third-order valence-electron chi connectivity index (χ3n) is 3.40. The molecule has 2 heterocycles. The second-order valence-corrected chi connectivity index (χ2v) is 7.08. The number of thiophene rings is 1. The third kappa shape index (κ3) is 2.63. The molecule has 0 unspecified atom stereocenters. The lowest BCUT2D eigenvalue weighted by atomic mass is 10.0. The molecular formula is C15H14ClNO3S. The number of benzene rings is 1. The Balaban J connectivity index is 1.85. The van der Waals surface area contributed by atoms with E-state index in [9.17, 15) is 9.59 Å². The Morgan fingerprint density at radius 1 is 1.43 bits per heavy atom. The standard InChI is InChI=1S/C15H14ClNO3S/c1-15(2)7-9(14(19)20-15)17-13(18)12-11(16)8-5-3-4-6-10(8)21-12/h3-6,9H,7H2,1-2H3,(H,17,18)/t9-/m0/s1. The van der Waals surface area contributed by atoms with Crippen molar-refractivity contribution in [2.75, 3.05) is 0 Å². The van der Waals surface area contributed by atoms with Gasteiger partial charge in [0.25, 0.3) is 5.91 Å². The minimum absolute atomic E-state index is 0.333. The maximum atomic E-state index is 12.4. The molecule has 0 saturated carbocycles. The number of carbonyl (C=O) groups is 2. The fraction of sp³-hybridized carbons (Fsp3) is 0.333. The molecule has 0 radical (unpaired) electrons. The Kier molecular flexibility index (Phi) is 3.42. The molecule has 4 nitrogen and oxygen atoms in total. The smallest absolute Gasteiger partial charge is 0.329 e. The number of carbonyl (C=O) groups excluding carboxylic acids is 2. The predicted molar refractivity (Wildman–Crippen MR) is 82.9 cm³/mol. The summed E-state index contributed by atoms with van der Waals surface area (Å²) in [7, 11) is 0. The highest BCUT2D eigenvalue weighted by Crippen LogP contribution is 2.35. The van der Waals surface area contributed by atoms with Crippen LogP contribution < -0.4 is 5.32 Å². The van der Waals surface area contributed by atoms with Crippen molar-refractivity contribution in [1.29, 1.82) is 0 Å². The maximum absolute atomic E-state index is 12.4. The number of amides is 1. The number of rotatable bonds is 2. The first kappa shape index (κ1) is 14.4. The van der Waals surface area contributed by atoms with Gasteiger partial charge in [0, 0.05) is 16.5 Å². The van der Waals surface area contributed by atoms with E-state index in [1.807, 2.05) is 38.1 Å². The third-order valence-corrected chi connectivity index (χ3v) is 5.08. The second-order valence-electron chi connectivity index (χ2n) is 5.65. The normalized spacial score (nSPS) is 20.5. The van der Waals surface area contributed by atoms with Crippen molar-refractivity contribution < 1.29 is 14.3 Å². The zero-order chi connectivity index (χ0) is 15.2. The van der Waals surface area contributed by atoms with Crippen molar-refractivity contribution >= 4 is 44.9 Å². The Morgan fingerprint density at radius 2 is 2.14 bits per heavy atom. The van der Waals surface area contributed by atoms with Crippen molar-refractivity contribution in [1.82, 2.24) is 5.32 Å². The molecule has 2 aromatic rings. The van der Waals surface area contributed by atoms with E-state index in [2.05, 4.69) is 5.32 Å². The van der Waals surface area contributed by atoms with Gasteiger partial charge in [-0.25, -0.2) is 4.79 Å². The SMILES string of the molecule is CC1(C)C[C@H](NC(=O)c2sc3ccccc3c2Cl)C(=O)O1. The van der Waals surface area contributed by atoms with Crippen LogP contribution in [0.3, 0.4) is 0 Å². The van der Waals surface area contributed by atoms with Crippen LogP contribution in [0.15, 0.2) is 24.3 Å². The van der Waals surface area contributed by atoms with Gasteiger partial charge in [0.2, 0.25) is 0 Å². The highest BCUT2D eigenvalue weighted by molar-refractivity contribution is 7.21. The van der Waals surface area contributed by atoms with Gasteiger partial charge in [-0.05, 0) is 19.9 Å². The first-order valence-electron chi connectivity index (χ1n) is 6.58. The Hall–Kier alpha value is -1.59. The Morgan fingerprint density at radius 3 is 2.76 bits per heavy atom. The molecule has 1 aromatic carbocycles. The van der Waals surface area contributed by atoms with Gasteiger partial charge < -0.3 is 10.1 Å². The number of nitrogens with one attached hydrogen (secondary N) is 1. The van der Waals surface area contributed by atoms with E-state index in [1.54, 1.807) is 0 Å². The number of ether oxygens (including phenoxy) is 1. The molecule has 3 rings (SSSR count). The number of fused-ring (bicyclic) bond motifs is 1. The zero-order valence-corrected chi connectivity index (χ0v) is 13.2. The zero-order valence-electron chi connectivity index (χ0n) is 11.6. The van der Waals surface area contributed by atoms with Gasteiger partial charge in [0.05, 0.1) is 5.02 Å². The minimum atomic E-state index is -0.617. The molecule has 0 bridgehead atoms.